The molecule has 2 unspecified atom stereocenters. The average Bonchev–Trinajstić information content (AvgIpc) is 2.71. The molecule has 0 spiro atoms. The summed E-state index contributed by atoms with van der Waals surface area (Å²) in [4.78, 5) is 36.6. The molecule has 2 aliphatic rings. The number of benzene rings is 1. The summed E-state index contributed by atoms with van der Waals surface area (Å²) in [7, 11) is 1.49. The van der Waals surface area contributed by atoms with Crippen LogP contribution < -0.4 is 10.1 Å². The van der Waals surface area contributed by atoms with E-state index in [0.29, 0.717) is 16.9 Å². The molecule has 0 aliphatic carbocycles. The highest BCUT2D eigenvalue weighted by atomic mass is 16.5. The SMILES string of the molecule is COc1ccc2c(c1)C(O)N(C1CCC(=O)NC1=O)C2=O. The van der Waals surface area contributed by atoms with Crippen molar-refractivity contribution in [2.45, 2.75) is 25.1 Å². The number of imide groups is 1. The predicted octanol–water partition coefficient (Wildman–Crippen LogP) is -0.0529. The first kappa shape index (κ1) is 13.6. The molecule has 0 bridgehead atoms. The van der Waals surface area contributed by atoms with Crippen LogP contribution in [0.4, 0.5) is 0 Å². The summed E-state index contributed by atoms with van der Waals surface area (Å²) in [5, 5.41) is 12.5. The molecule has 3 rings (SSSR count). The molecule has 2 heterocycles. The zero-order valence-electron chi connectivity index (χ0n) is 11.3. The standard InChI is InChI=1S/C14H14N2O5/c1-21-7-2-3-8-9(6-7)14(20)16(13(8)19)10-4-5-11(17)15-12(10)18/h2-3,6,10,14,20H,4-5H2,1H3,(H,15,17,18). The molecule has 7 heteroatoms. The number of nitrogens with one attached hydrogen (secondary N) is 1. The van der Waals surface area contributed by atoms with Gasteiger partial charge in [0.1, 0.15) is 11.8 Å². The van der Waals surface area contributed by atoms with Gasteiger partial charge in [-0.3, -0.25) is 24.6 Å². The van der Waals surface area contributed by atoms with Gasteiger partial charge in [-0.15, -0.1) is 0 Å². The third kappa shape index (κ3) is 2.06. The lowest BCUT2D eigenvalue weighted by Gasteiger charge is -2.31. The molecule has 21 heavy (non-hydrogen) atoms. The van der Waals surface area contributed by atoms with Crippen LogP contribution in [-0.4, -0.2) is 40.9 Å². The first-order valence-electron chi connectivity index (χ1n) is 6.55. The maximum atomic E-state index is 12.4. The Balaban J connectivity index is 1.94. The molecule has 0 radical (unpaired) electrons. The van der Waals surface area contributed by atoms with Gasteiger partial charge in [-0.05, 0) is 24.6 Å². The number of hydrogen-bond acceptors (Lipinski definition) is 5. The molecule has 1 aromatic rings. The van der Waals surface area contributed by atoms with Crippen molar-refractivity contribution in [3.63, 3.8) is 0 Å². The van der Waals surface area contributed by atoms with E-state index in [0.717, 1.165) is 4.90 Å². The van der Waals surface area contributed by atoms with E-state index in [-0.39, 0.29) is 18.7 Å². The van der Waals surface area contributed by atoms with Crippen molar-refractivity contribution in [2.75, 3.05) is 7.11 Å². The Morgan fingerprint density at radius 1 is 1.33 bits per heavy atom. The molecule has 2 aliphatic heterocycles. The minimum Gasteiger partial charge on any atom is -0.497 e. The molecule has 110 valence electrons. The second kappa shape index (κ2) is 4.85. The maximum Gasteiger partial charge on any atom is 0.257 e. The number of aliphatic hydroxyl groups is 1. The molecule has 7 nitrogen and oxygen atoms in total. The van der Waals surface area contributed by atoms with Crippen LogP contribution in [0.25, 0.3) is 0 Å². The van der Waals surface area contributed by atoms with Gasteiger partial charge in [0.05, 0.1) is 7.11 Å². The molecule has 3 amide bonds. The highest BCUT2D eigenvalue weighted by Crippen LogP contribution is 2.36. The van der Waals surface area contributed by atoms with E-state index in [1.165, 1.54) is 7.11 Å². The number of methoxy groups -OCH3 is 1. The number of rotatable bonds is 2. The number of hydrogen-bond donors (Lipinski definition) is 2. The number of nitrogens with zero attached hydrogens (tertiary/aromatic N) is 1. The first-order valence-corrected chi connectivity index (χ1v) is 6.55. The molecule has 2 atom stereocenters. The summed E-state index contributed by atoms with van der Waals surface area (Å²) in [5.41, 5.74) is 0.747. The highest BCUT2D eigenvalue weighted by Gasteiger charge is 2.44. The summed E-state index contributed by atoms with van der Waals surface area (Å²) in [6.07, 6.45) is -0.864. The van der Waals surface area contributed by atoms with Gasteiger partial charge in [0.15, 0.2) is 6.23 Å². The highest BCUT2D eigenvalue weighted by molar-refractivity contribution is 6.05. The van der Waals surface area contributed by atoms with Gasteiger partial charge in [-0.2, -0.15) is 0 Å². The number of piperidine rings is 1. The molecule has 1 aromatic carbocycles. The second-order valence-electron chi connectivity index (χ2n) is 5.01. The quantitative estimate of drug-likeness (QED) is 0.744. The van der Waals surface area contributed by atoms with Crippen LogP contribution in [0.3, 0.4) is 0 Å². The molecular weight excluding hydrogens is 276 g/mol. The van der Waals surface area contributed by atoms with Gasteiger partial charge in [0.25, 0.3) is 5.91 Å². The summed E-state index contributed by atoms with van der Waals surface area (Å²) >= 11 is 0. The molecular formula is C14H14N2O5. The van der Waals surface area contributed by atoms with E-state index in [9.17, 15) is 19.5 Å². The first-order chi connectivity index (χ1) is 10.0. The van der Waals surface area contributed by atoms with E-state index >= 15 is 0 Å². The van der Waals surface area contributed by atoms with Crippen LogP contribution in [0.1, 0.15) is 35.0 Å². The molecule has 1 saturated heterocycles. The van der Waals surface area contributed by atoms with Gasteiger partial charge >= 0.3 is 0 Å². The third-order valence-corrected chi connectivity index (χ3v) is 3.81. The van der Waals surface area contributed by atoms with Crippen molar-refractivity contribution in [1.82, 2.24) is 10.2 Å². The third-order valence-electron chi connectivity index (χ3n) is 3.81. The largest absolute Gasteiger partial charge is 0.497 e. The van der Waals surface area contributed by atoms with E-state index in [2.05, 4.69) is 5.32 Å². The number of aliphatic hydroxyl groups excluding tert-OH is 1. The summed E-state index contributed by atoms with van der Waals surface area (Å²) in [6.45, 7) is 0. The Morgan fingerprint density at radius 2 is 2.10 bits per heavy atom. The second-order valence-corrected chi connectivity index (χ2v) is 5.01. The van der Waals surface area contributed by atoms with Gasteiger partial charge in [0.2, 0.25) is 11.8 Å². The Kier molecular flexibility index (Phi) is 3.13. The molecule has 0 saturated carbocycles. The van der Waals surface area contributed by atoms with Gasteiger partial charge in [-0.1, -0.05) is 0 Å². The van der Waals surface area contributed by atoms with Crippen molar-refractivity contribution in [2.24, 2.45) is 0 Å². The minimum atomic E-state index is -1.22. The Labute approximate surface area is 120 Å². The number of carbonyl (C=O) groups is 3. The van der Waals surface area contributed by atoms with Crippen LogP contribution in [0.2, 0.25) is 0 Å². The molecule has 2 N–H and O–H groups in total. The van der Waals surface area contributed by atoms with Crippen LogP contribution in [0.5, 0.6) is 5.75 Å². The Morgan fingerprint density at radius 3 is 2.76 bits per heavy atom. The van der Waals surface area contributed by atoms with Crippen molar-refractivity contribution in [1.29, 1.82) is 0 Å². The number of amides is 3. The van der Waals surface area contributed by atoms with Crippen LogP contribution in [0.15, 0.2) is 18.2 Å². The van der Waals surface area contributed by atoms with Gasteiger partial charge in [-0.25, -0.2) is 0 Å². The fourth-order valence-corrected chi connectivity index (χ4v) is 2.74. The minimum absolute atomic E-state index is 0.145. The zero-order chi connectivity index (χ0) is 15.1. The summed E-state index contributed by atoms with van der Waals surface area (Å²) in [6, 6.07) is 3.91. The molecule has 1 fully saturated rings. The van der Waals surface area contributed by atoms with E-state index in [4.69, 9.17) is 4.74 Å². The van der Waals surface area contributed by atoms with E-state index in [1.54, 1.807) is 18.2 Å². The monoisotopic (exact) mass is 290 g/mol. The number of fused-ring (bicyclic) bond motifs is 1. The van der Waals surface area contributed by atoms with Crippen molar-refractivity contribution in [3.05, 3.63) is 29.3 Å². The maximum absolute atomic E-state index is 12.4. The summed E-state index contributed by atoms with van der Waals surface area (Å²) in [5.74, 6) is -0.824. The fourth-order valence-electron chi connectivity index (χ4n) is 2.74. The number of carbonyl (C=O) groups excluding carboxylic acids is 3. The lowest BCUT2D eigenvalue weighted by atomic mass is 10.0. The smallest absolute Gasteiger partial charge is 0.257 e. The van der Waals surface area contributed by atoms with Crippen molar-refractivity contribution >= 4 is 17.7 Å². The zero-order valence-corrected chi connectivity index (χ0v) is 11.3. The van der Waals surface area contributed by atoms with E-state index in [1.807, 2.05) is 0 Å². The van der Waals surface area contributed by atoms with Crippen LogP contribution in [-0.2, 0) is 9.59 Å². The van der Waals surface area contributed by atoms with Crippen LogP contribution >= 0.6 is 0 Å². The lowest BCUT2D eigenvalue weighted by Crippen LogP contribution is -2.53. The summed E-state index contributed by atoms with van der Waals surface area (Å²) < 4.78 is 5.07. The normalized spacial score (nSPS) is 24.9. The van der Waals surface area contributed by atoms with E-state index < -0.39 is 24.1 Å². The lowest BCUT2D eigenvalue weighted by molar-refractivity contribution is -0.139. The van der Waals surface area contributed by atoms with Crippen molar-refractivity contribution in [3.8, 4) is 5.75 Å². The number of ether oxygens (including phenoxy) is 1. The fraction of sp³-hybridized carbons (Fsp3) is 0.357. The topological polar surface area (TPSA) is 95.9 Å². The predicted molar refractivity (Wildman–Crippen MR) is 70.3 cm³/mol. The average molecular weight is 290 g/mol. The van der Waals surface area contributed by atoms with Crippen LogP contribution in [0, 0.1) is 0 Å². The Bertz CT molecular complexity index is 642. The molecule has 0 aromatic heterocycles. The van der Waals surface area contributed by atoms with Gasteiger partial charge < -0.3 is 9.84 Å². The van der Waals surface area contributed by atoms with Gasteiger partial charge in [0, 0.05) is 17.5 Å². The van der Waals surface area contributed by atoms with Crippen molar-refractivity contribution < 1.29 is 24.2 Å². The Hall–Kier alpha value is -2.41.